The molecule has 0 radical (unpaired) electrons. The number of hydrogen-bond acceptors (Lipinski definition) is 3. The third kappa shape index (κ3) is 5.79. The first-order valence-electron chi connectivity index (χ1n) is 7.32. The average Bonchev–Trinajstić information content (AvgIpc) is 2.56. The predicted octanol–water partition coefficient (Wildman–Crippen LogP) is 5.09. The lowest BCUT2D eigenvalue weighted by molar-refractivity contribution is 0.0943. The lowest BCUT2D eigenvalue weighted by Gasteiger charge is -2.28. The van der Waals surface area contributed by atoms with E-state index in [0.717, 1.165) is 11.4 Å². The quantitative estimate of drug-likeness (QED) is 0.412. The molecule has 0 saturated heterocycles. The van der Waals surface area contributed by atoms with Gasteiger partial charge >= 0.3 is 0 Å². The second-order valence-corrected chi connectivity index (χ2v) is 11.9. The summed E-state index contributed by atoms with van der Waals surface area (Å²) in [5, 5.41) is 6.20. The standard InChI is InChI=1S/C17H17Br3N2O2/c1-2-24-14-10-8-13(9-11-14)21-16(17(18,19)20)22-15(23)12-6-4-3-5-7-12/h3-11,16,21H,2H2,1H3,(H,22,23)/t16-/m0/s1. The molecule has 1 atom stereocenters. The van der Waals surface area contributed by atoms with E-state index in [1.807, 2.05) is 49.4 Å². The molecule has 1 amide bonds. The fraction of sp³-hybridized carbons (Fsp3) is 0.235. The number of nitrogens with one attached hydrogen (secondary N) is 2. The minimum Gasteiger partial charge on any atom is -0.494 e. The van der Waals surface area contributed by atoms with Crippen LogP contribution in [0.25, 0.3) is 0 Å². The van der Waals surface area contributed by atoms with Crippen molar-refractivity contribution in [2.75, 3.05) is 11.9 Å². The highest BCUT2D eigenvalue weighted by Crippen LogP contribution is 2.37. The molecule has 24 heavy (non-hydrogen) atoms. The number of amides is 1. The second-order valence-electron chi connectivity index (χ2n) is 4.92. The molecule has 7 heteroatoms. The van der Waals surface area contributed by atoms with E-state index in [2.05, 4.69) is 58.4 Å². The Morgan fingerprint density at radius 2 is 1.71 bits per heavy atom. The molecule has 0 aliphatic rings. The summed E-state index contributed by atoms with van der Waals surface area (Å²) < 4.78 is 4.72. The van der Waals surface area contributed by atoms with E-state index in [9.17, 15) is 4.79 Å². The number of carbonyl (C=O) groups excluding carboxylic acids is 1. The lowest BCUT2D eigenvalue weighted by atomic mass is 10.2. The van der Waals surface area contributed by atoms with Crippen molar-refractivity contribution in [1.29, 1.82) is 0 Å². The fourth-order valence-corrected chi connectivity index (χ4v) is 2.67. The summed E-state index contributed by atoms with van der Waals surface area (Å²) in [4.78, 5) is 12.4. The first kappa shape index (κ1) is 19.3. The molecule has 0 aromatic heterocycles. The van der Waals surface area contributed by atoms with Gasteiger partial charge < -0.3 is 15.4 Å². The Hall–Kier alpha value is -1.05. The number of rotatable bonds is 6. The maximum atomic E-state index is 12.4. The van der Waals surface area contributed by atoms with Gasteiger partial charge in [-0.2, -0.15) is 0 Å². The summed E-state index contributed by atoms with van der Waals surface area (Å²) in [5.74, 6) is 0.623. The lowest BCUT2D eigenvalue weighted by Crippen LogP contribution is -2.48. The third-order valence-electron chi connectivity index (χ3n) is 3.12. The Morgan fingerprint density at radius 1 is 1.08 bits per heavy atom. The van der Waals surface area contributed by atoms with Crippen molar-refractivity contribution in [2.24, 2.45) is 0 Å². The molecule has 2 rings (SSSR count). The van der Waals surface area contributed by atoms with Crippen molar-refractivity contribution in [3.05, 3.63) is 60.2 Å². The van der Waals surface area contributed by atoms with Crippen LogP contribution < -0.4 is 15.4 Å². The maximum absolute atomic E-state index is 12.4. The number of anilines is 1. The molecule has 0 saturated carbocycles. The van der Waals surface area contributed by atoms with Crippen LogP contribution >= 0.6 is 47.8 Å². The van der Waals surface area contributed by atoms with Gasteiger partial charge in [0.25, 0.3) is 5.91 Å². The molecule has 0 unspecified atom stereocenters. The summed E-state index contributed by atoms with van der Waals surface area (Å²) in [6, 6.07) is 16.6. The van der Waals surface area contributed by atoms with Gasteiger partial charge in [-0.1, -0.05) is 66.0 Å². The van der Waals surface area contributed by atoms with Crippen LogP contribution in [0.15, 0.2) is 54.6 Å². The van der Waals surface area contributed by atoms with Crippen LogP contribution in [0, 0.1) is 0 Å². The van der Waals surface area contributed by atoms with Gasteiger partial charge in [0.15, 0.2) is 2.14 Å². The molecule has 0 bridgehead atoms. The molecule has 0 heterocycles. The van der Waals surface area contributed by atoms with Crippen LogP contribution in [-0.4, -0.2) is 20.8 Å². The molecule has 2 aromatic carbocycles. The zero-order chi connectivity index (χ0) is 17.6. The summed E-state index contributed by atoms with van der Waals surface area (Å²) >= 11 is 10.4. The molecule has 128 valence electrons. The first-order chi connectivity index (χ1) is 11.4. The first-order valence-corrected chi connectivity index (χ1v) is 9.70. The number of carbonyl (C=O) groups is 1. The van der Waals surface area contributed by atoms with Crippen molar-refractivity contribution < 1.29 is 9.53 Å². The summed E-state index contributed by atoms with van der Waals surface area (Å²) in [6.07, 6.45) is -0.455. The van der Waals surface area contributed by atoms with E-state index in [0.29, 0.717) is 12.2 Å². The Morgan fingerprint density at radius 3 is 2.25 bits per heavy atom. The molecular formula is C17H17Br3N2O2. The van der Waals surface area contributed by atoms with E-state index in [-0.39, 0.29) is 5.91 Å². The van der Waals surface area contributed by atoms with E-state index >= 15 is 0 Å². The van der Waals surface area contributed by atoms with Crippen LogP contribution in [0.1, 0.15) is 17.3 Å². The van der Waals surface area contributed by atoms with Crippen LogP contribution in [-0.2, 0) is 0 Å². The van der Waals surface area contributed by atoms with Gasteiger partial charge in [-0.25, -0.2) is 0 Å². The van der Waals surface area contributed by atoms with Gasteiger partial charge in [-0.05, 0) is 43.3 Å². The third-order valence-corrected chi connectivity index (χ3v) is 4.49. The fourth-order valence-electron chi connectivity index (χ4n) is 1.98. The highest BCUT2D eigenvalue weighted by molar-refractivity contribution is 9.39. The van der Waals surface area contributed by atoms with Gasteiger partial charge in [0.05, 0.1) is 6.61 Å². The van der Waals surface area contributed by atoms with Crippen LogP contribution in [0.5, 0.6) is 5.75 Å². The van der Waals surface area contributed by atoms with Crippen LogP contribution in [0.2, 0.25) is 0 Å². The Labute approximate surface area is 166 Å². The summed E-state index contributed by atoms with van der Waals surface area (Å²) in [5.41, 5.74) is 1.44. The summed E-state index contributed by atoms with van der Waals surface area (Å²) in [7, 11) is 0. The van der Waals surface area contributed by atoms with Crippen molar-refractivity contribution in [2.45, 2.75) is 15.2 Å². The van der Waals surface area contributed by atoms with E-state index in [1.54, 1.807) is 12.1 Å². The number of ether oxygens (including phenoxy) is 1. The Kier molecular flexibility index (Phi) is 7.13. The topological polar surface area (TPSA) is 50.4 Å². The highest BCUT2D eigenvalue weighted by atomic mass is 80.0. The van der Waals surface area contributed by atoms with Gasteiger partial charge in [0.2, 0.25) is 0 Å². The molecule has 2 N–H and O–H groups in total. The van der Waals surface area contributed by atoms with Crippen molar-refractivity contribution in [1.82, 2.24) is 5.32 Å². The smallest absolute Gasteiger partial charge is 0.252 e. The molecular weight excluding hydrogens is 504 g/mol. The van der Waals surface area contributed by atoms with E-state index in [1.165, 1.54) is 0 Å². The van der Waals surface area contributed by atoms with Crippen LogP contribution in [0.4, 0.5) is 5.69 Å². The van der Waals surface area contributed by atoms with Gasteiger partial charge in [-0.3, -0.25) is 4.79 Å². The second kappa shape index (κ2) is 8.87. The van der Waals surface area contributed by atoms with E-state index in [4.69, 9.17) is 4.74 Å². The van der Waals surface area contributed by atoms with Gasteiger partial charge in [0.1, 0.15) is 11.9 Å². The van der Waals surface area contributed by atoms with Gasteiger partial charge in [0, 0.05) is 11.3 Å². The minimum absolute atomic E-state index is 0.179. The molecule has 4 nitrogen and oxygen atoms in total. The molecule has 0 spiro atoms. The molecule has 0 fully saturated rings. The van der Waals surface area contributed by atoms with Crippen molar-refractivity contribution in [3.8, 4) is 5.75 Å². The average molecular weight is 521 g/mol. The number of benzene rings is 2. The maximum Gasteiger partial charge on any atom is 0.252 e. The number of alkyl halides is 3. The molecule has 0 aliphatic heterocycles. The SMILES string of the molecule is CCOc1ccc(N[C@@H](NC(=O)c2ccccc2)C(Br)(Br)Br)cc1. The minimum atomic E-state index is -0.712. The number of hydrogen-bond donors (Lipinski definition) is 2. The Balaban J connectivity index is 2.10. The van der Waals surface area contributed by atoms with Crippen LogP contribution in [0.3, 0.4) is 0 Å². The monoisotopic (exact) mass is 518 g/mol. The molecule has 0 aliphatic carbocycles. The normalized spacial score (nSPS) is 12.3. The highest BCUT2D eigenvalue weighted by Gasteiger charge is 2.32. The van der Waals surface area contributed by atoms with Crippen molar-refractivity contribution in [3.63, 3.8) is 0 Å². The van der Waals surface area contributed by atoms with Gasteiger partial charge in [-0.15, -0.1) is 0 Å². The predicted molar refractivity (Wildman–Crippen MR) is 108 cm³/mol. The summed E-state index contributed by atoms with van der Waals surface area (Å²) in [6.45, 7) is 2.56. The van der Waals surface area contributed by atoms with Crippen molar-refractivity contribution >= 4 is 59.4 Å². The van der Waals surface area contributed by atoms with E-state index < -0.39 is 8.31 Å². The zero-order valence-corrected chi connectivity index (χ0v) is 17.7. The zero-order valence-electron chi connectivity index (χ0n) is 12.9. The largest absolute Gasteiger partial charge is 0.494 e. The molecule has 2 aromatic rings. The number of halogens is 3. The Bertz CT molecular complexity index is 658.